The Morgan fingerprint density at radius 2 is 1.65 bits per heavy atom. The number of aliphatic carboxylic acids is 1. The van der Waals surface area contributed by atoms with E-state index in [9.17, 15) is 15.0 Å². The molecular formula is C16H15BrO3. The average Bonchev–Trinajstić information content (AvgIpc) is 2.39. The van der Waals surface area contributed by atoms with Gasteiger partial charge in [0.05, 0.1) is 0 Å². The molecule has 0 heterocycles. The average molecular weight is 335 g/mol. The maximum Gasteiger partial charge on any atom is 0.314 e. The molecule has 2 aromatic carbocycles. The van der Waals surface area contributed by atoms with Crippen LogP contribution in [0.5, 0.6) is 0 Å². The molecule has 0 radical (unpaired) electrons. The molecule has 0 aromatic heterocycles. The fourth-order valence-corrected chi connectivity index (χ4v) is 2.57. The Bertz CT molecular complexity index is 591. The van der Waals surface area contributed by atoms with Crippen LogP contribution in [-0.2, 0) is 10.4 Å². The summed E-state index contributed by atoms with van der Waals surface area (Å²) >= 11 is 3.33. The van der Waals surface area contributed by atoms with Crippen molar-refractivity contribution < 1.29 is 15.0 Å². The van der Waals surface area contributed by atoms with Crippen molar-refractivity contribution in [3.63, 3.8) is 0 Å². The van der Waals surface area contributed by atoms with Crippen LogP contribution in [0, 0.1) is 0 Å². The summed E-state index contributed by atoms with van der Waals surface area (Å²) in [7, 11) is 0. The smallest absolute Gasteiger partial charge is 0.314 e. The molecule has 4 heteroatoms. The van der Waals surface area contributed by atoms with Gasteiger partial charge in [-0.1, -0.05) is 58.4 Å². The highest BCUT2D eigenvalue weighted by Gasteiger charge is 2.40. The number of benzene rings is 2. The monoisotopic (exact) mass is 334 g/mol. The number of rotatable bonds is 4. The van der Waals surface area contributed by atoms with Gasteiger partial charge in [0.15, 0.2) is 0 Å². The van der Waals surface area contributed by atoms with Crippen LogP contribution >= 0.6 is 15.9 Å². The van der Waals surface area contributed by atoms with Gasteiger partial charge < -0.3 is 10.2 Å². The van der Waals surface area contributed by atoms with Crippen molar-refractivity contribution >= 4 is 21.9 Å². The standard InChI is InChI=1S/C16H15BrO3/c1-16(20,12-7-9-13(17)10-8-12)14(15(18)19)11-5-3-2-4-6-11/h2-10,14,20H,1H3,(H,18,19). The Hall–Kier alpha value is -1.65. The molecule has 104 valence electrons. The molecule has 0 aliphatic heterocycles. The molecular weight excluding hydrogens is 320 g/mol. The molecule has 0 aliphatic carbocycles. The van der Waals surface area contributed by atoms with E-state index < -0.39 is 17.5 Å². The zero-order chi connectivity index (χ0) is 14.8. The van der Waals surface area contributed by atoms with Crippen molar-refractivity contribution in [3.05, 3.63) is 70.2 Å². The maximum absolute atomic E-state index is 11.6. The zero-order valence-corrected chi connectivity index (χ0v) is 12.5. The van der Waals surface area contributed by atoms with Gasteiger partial charge in [-0.2, -0.15) is 0 Å². The molecule has 0 spiro atoms. The molecule has 2 unspecified atom stereocenters. The van der Waals surface area contributed by atoms with E-state index in [0.717, 1.165) is 4.47 Å². The minimum atomic E-state index is -1.49. The van der Waals surface area contributed by atoms with Crippen LogP contribution in [0.15, 0.2) is 59.1 Å². The quantitative estimate of drug-likeness (QED) is 0.899. The lowest BCUT2D eigenvalue weighted by Crippen LogP contribution is -2.35. The third-order valence-corrected chi connectivity index (χ3v) is 3.90. The molecule has 0 fully saturated rings. The third kappa shape index (κ3) is 2.92. The molecule has 20 heavy (non-hydrogen) atoms. The lowest BCUT2D eigenvalue weighted by Gasteiger charge is -2.31. The van der Waals surface area contributed by atoms with E-state index in [0.29, 0.717) is 11.1 Å². The normalized spacial score (nSPS) is 15.3. The van der Waals surface area contributed by atoms with Gasteiger partial charge in [0.1, 0.15) is 11.5 Å². The summed E-state index contributed by atoms with van der Waals surface area (Å²) < 4.78 is 0.878. The predicted octanol–water partition coefficient (Wildman–Crippen LogP) is 3.53. The Balaban J connectivity index is 2.48. The molecule has 0 bridgehead atoms. The van der Waals surface area contributed by atoms with Gasteiger partial charge in [-0.3, -0.25) is 4.79 Å². The van der Waals surface area contributed by atoms with Crippen LogP contribution in [0.4, 0.5) is 0 Å². The van der Waals surface area contributed by atoms with Crippen molar-refractivity contribution in [2.75, 3.05) is 0 Å². The Morgan fingerprint density at radius 1 is 1.10 bits per heavy atom. The van der Waals surface area contributed by atoms with Crippen molar-refractivity contribution in [1.29, 1.82) is 0 Å². The molecule has 0 saturated carbocycles. The maximum atomic E-state index is 11.6. The van der Waals surface area contributed by atoms with E-state index in [2.05, 4.69) is 15.9 Å². The van der Waals surface area contributed by atoms with Crippen molar-refractivity contribution in [1.82, 2.24) is 0 Å². The van der Waals surface area contributed by atoms with E-state index in [4.69, 9.17) is 0 Å². The minimum Gasteiger partial charge on any atom is -0.481 e. The zero-order valence-electron chi connectivity index (χ0n) is 11.0. The number of hydrogen-bond donors (Lipinski definition) is 2. The van der Waals surface area contributed by atoms with Crippen molar-refractivity contribution in [3.8, 4) is 0 Å². The molecule has 0 aliphatic rings. The summed E-state index contributed by atoms with van der Waals surface area (Å²) in [6.07, 6.45) is 0. The lowest BCUT2D eigenvalue weighted by molar-refractivity contribution is -0.145. The summed E-state index contributed by atoms with van der Waals surface area (Å²) in [6, 6.07) is 15.8. The van der Waals surface area contributed by atoms with Crippen LogP contribution in [0.2, 0.25) is 0 Å². The number of aliphatic hydroxyl groups is 1. The van der Waals surface area contributed by atoms with Gasteiger partial charge in [0, 0.05) is 4.47 Å². The van der Waals surface area contributed by atoms with Gasteiger partial charge in [-0.05, 0) is 30.2 Å². The number of carboxylic acid groups (broad SMARTS) is 1. The van der Waals surface area contributed by atoms with Gasteiger partial charge in [0.25, 0.3) is 0 Å². The van der Waals surface area contributed by atoms with Gasteiger partial charge in [0.2, 0.25) is 0 Å². The van der Waals surface area contributed by atoms with E-state index in [1.165, 1.54) is 6.92 Å². The third-order valence-electron chi connectivity index (χ3n) is 3.37. The Kier molecular flexibility index (Phi) is 4.26. The number of carboxylic acids is 1. The van der Waals surface area contributed by atoms with Crippen molar-refractivity contribution in [2.45, 2.75) is 18.4 Å². The lowest BCUT2D eigenvalue weighted by atomic mass is 9.78. The molecule has 2 N–H and O–H groups in total. The van der Waals surface area contributed by atoms with Crippen LogP contribution in [0.3, 0.4) is 0 Å². The van der Waals surface area contributed by atoms with E-state index in [1.54, 1.807) is 48.5 Å². The van der Waals surface area contributed by atoms with Crippen LogP contribution in [-0.4, -0.2) is 16.2 Å². The van der Waals surface area contributed by atoms with Gasteiger partial charge in [-0.25, -0.2) is 0 Å². The summed E-state index contributed by atoms with van der Waals surface area (Å²) in [6.45, 7) is 1.53. The summed E-state index contributed by atoms with van der Waals surface area (Å²) in [4.78, 5) is 11.6. The Labute approximate surface area is 126 Å². The van der Waals surface area contributed by atoms with E-state index in [-0.39, 0.29) is 0 Å². The molecule has 0 saturated heterocycles. The summed E-state index contributed by atoms with van der Waals surface area (Å²) in [5.74, 6) is -2.08. The topological polar surface area (TPSA) is 57.5 Å². The largest absolute Gasteiger partial charge is 0.481 e. The van der Waals surface area contributed by atoms with Crippen molar-refractivity contribution in [2.24, 2.45) is 0 Å². The first-order chi connectivity index (χ1) is 9.43. The molecule has 2 aromatic rings. The second kappa shape index (κ2) is 5.77. The second-order valence-corrected chi connectivity index (χ2v) is 5.75. The highest BCUT2D eigenvalue weighted by molar-refractivity contribution is 9.10. The van der Waals surface area contributed by atoms with Gasteiger partial charge >= 0.3 is 5.97 Å². The summed E-state index contributed by atoms with van der Waals surface area (Å²) in [5.41, 5.74) is -0.349. The van der Waals surface area contributed by atoms with E-state index in [1.807, 2.05) is 6.07 Å². The second-order valence-electron chi connectivity index (χ2n) is 4.84. The highest BCUT2D eigenvalue weighted by atomic mass is 79.9. The van der Waals surface area contributed by atoms with Crippen LogP contribution in [0.1, 0.15) is 24.0 Å². The van der Waals surface area contributed by atoms with Gasteiger partial charge in [-0.15, -0.1) is 0 Å². The predicted molar refractivity (Wildman–Crippen MR) is 80.5 cm³/mol. The molecule has 0 amide bonds. The molecule has 2 rings (SSSR count). The van der Waals surface area contributed by atoms with E-state index >= 15 is 0 Å². The highest BCUT2D eigenvalue weighted by Crippen LogP contribution is 2.37. The fraction of sp³-hybridized carbons (Fsp3) is 0.188. The van der Waals surface area contributed by atoms with Crippen LogP contribution < -0.4 is 0 Å². The SMILES string of the molecule is CC(O)(c1ccc(Br)cc1)C(C(=O)O)c1ccccc1. The molecule has 3 nitrogen and oxygen atoms in total. The Morgan fingerprint density at radius 3 is 2.15 bits per heavy atom. The first-order valence-corrected chi connectivity index (χ1v) is 6.98. The fourth-order valence-electron chi connectivity index (χ4n) is 2.31. The number of halogens is 1. The first kappa shape index (κ1) is 14.8. The number of hydrogen-bond acceptors (Lipinski definition) is 2. The first-order valence-electron chi connectivity index (χ1n) is 6.19. The molecule has 2 atom stereocenters. The minimum absolute atomic E-state index is 0.567. The number of carbonyl (C=O) groups is 1. The van der Waals surface area contributed by atoms with Crippen LogP contribution in [0.25, 0.3) is 0 Å². The summed E-state index contributed by atoms with van der Waals surface area (Å²) in [5, 5.41) is 20.3.